The molecule has 0 saturated carbocycles. The number of hydrogen-bond acceptors (Lipinski definition) is 3. The average molecular weight is 237 g/mol. The molecule has 0 fully saturated rings. The van der Waals surface area contributed by atoms with Crippen LogP contribution in [-0.2, 0) is 16.1 Å². The number of phenols is 1. The summed E-state index contributed by atoms with van der Waals surface area (Å²) in [5, 5.41) is 20.3. The third-order valence-electron chi connectivity index (χ3n) is 2.34. The molecule has 0 radical (unpaired) electrons. The molecule has 0 saturated heterocycles. The molecule has 0 heterocycles. The van der Waals surface area contributed by atoms with Gasteiger partial charge in [0.25, 0.3) is 0 Å². The third-order valence-corrected chi connectivity index (χ3v) is 2.34. The van der Waals surface area contributed by atoms with Crippen molar-refractivity contribution in [1.29, 1.82) is 0 Å². The highest BCUT2D eigenvalue weighted by Gasteiger charge is 2.15. The van der Waals surface area contributed by atoms with Crippen molar-refractivity contribution >= 4 is 11.9 Å². The first kappa shape index (κ1) is 13.0. The van der Waals surface area contributed by atoms with E-state index in [9.17, 15) is 9.59 Å². The zero-order valence-electron chi connectivity index (χ0n) is 9.51. The van der Waals surface area contributed by atoms with E-state index >= 15 is 0 Å². The number of carbonyl (C=O) groups excluding carboxylic acids is 1. The van der Waals surface area contributed by atoms with Crippen LogP contribution in [-0.4, -0.2) is 22.1 Å². The Labute approximate surface area is 99.1 Å². The van der Waals surface area contributed by atoms with Gasteiger partial charge in [0.15, 0.2) is 0 Å². The van der Waals surface area contributed by atoms with Crippen molar-refractivity contribution < 1.29 is 19.8 Å². The Morgan fingerprint density at radius 1 is 1.29 bits per heavy atom. The molecule has 5 nitrogen and oxygen atoms in total. The lowest BCUT2D eigenvalue weighted by atomic mass is 10.1. The van der Waals surface area contributed by atoms with Gasteiger partial charge in [-0.2, -0.15) is 0 Å². The lowest BCUT2D eigenvalue weighted by Gasteiger charge is -2.07. The fourth-order valence-electron chi connectivity index (χ4n) is 1.25. The van der Waals surface area contributed by atoms with Crippen LogP contribution in [0.15, 0.2) is 24.3 Å². The van der Waals surface area contributed by atoms with Crippen molar-refractivity contribution in [3.63, 3.8) is 0 Å². The second kappa shape index (κ2) is 5.89. The molecule has 0 aromatic heterocycles. The number of nitrogens with one attached hydrogen (secondary N) is 1. The van der Waals surface area contributed by atoms with E-state index in [0.29, 0.717) is 6.54 Å². The van der Waals surface area contributed by atoms with Crippen LogP contribution >= 0.6 is 0 Å². The highest BCUT2D eigenvalue weighted by molar-refractivity contribution is 5.81. The monoisotopic (exact) mass is 237 g/mol. The van der Waals surface area contributed by atoms with E-state index in [1.807, 2.05) is 0 Å². The quantitative estimate of drug-likeness (QED) is 0.716. The maximum Gasteiger partial charge on any atom is 0.306 e. The van der Waals surface area contributed by atoms with Crippen molar-refractivity contribution in [2.75, 3.05) is 0 Å². The Hall–Kier alpha value is -2.04. The SMILES string of the molecule is C[C@@H](CC(=O)NCc1ccc(O)cc1)C(=O)O. The molecule has 3 N–H and O–H groups in total. The molecule has 5 heteroatoms. The van der Waals surface area contributed by atoms with Crippen molar-refractivity contribution in [1.82, 2.24) is 5.32 Å². The van der Waals surface area contributed by atoms with Gasteiger partial charge < -0.3 is 15.5 Å². The standard InChI is InChI=1S/C12H15NO4/c1-8(12(16)17)6-11(15)13-7-9-2-4-10(14)5-3-9/h2-5,8,14H,6-7H2,1H3,(H,13,15)(H,16,17)/t8-/m0/s1. The van der Waals surface area contributed by atoms with E-state index in [0.717, 1.165) is 5.56 Å². The number of hydrogen-bond donors (Lipinski definition) is 3. The number of aliphatic carboxylic acids is 1. The first-order valence-corrected chi connectivity index (χ1v) is 5.26. The Balaban J connectivity index is 2.38. The summed E-state index contributed by atoms with van der Waals surface area (Å²) in [5.41, 5.74) is 0.846. The number of rotatable bonds is 5. The van der Waals surface area contributed by atoms with Crippen molar-refractivity contribution in [3.05, 3.63) is 29.8 Å². The third kappa shape index (κ3) is 4.55. The maximum atomic E-state index is 11.4. The van der Waals surface area contributed by atoms with Gasteiger partial charge in [-0.15, -0.1) is 0 Å². The van der Waals surface area contributed by atoms with E-state index in [1.54, 1.807) is 12.1 Å². The van der Waals surface area contributed by atoms with Crippen LogP contribution in [0.25, 0.3) is 0 Å². The summed E-state index contributed by atoms with van der Waals surface area (Å²) in [4.78, 5) is 21.9. The van der Waals surface area contributed by atoms with Crippen LogP contribution in [0.5, 0.6) is 5.75 Å². The van der Waals surface area contributed by atoms with Crippen LogP contribution < -0.4 is 5.32 Å². The molecule has 0 aliphatic rings. The molecular weight excluding hydrogens is 222 g/mol. The predicted octanol–water partition coefficient (Wildman–Crippen LogP) is 1.12. The minimum atomic E-state index is -0.982. The zero-order chi connectivity index (χ0) is 12.8. The van der Waals surface area contributed by atoms with E-state index in [1.165, 1.54) is 19.1 Å². The fourth-order valence-corrected chi connectivity index (χ4v) is 1.25. The average Bonchev–Trinajstić information content (AvgIpc) is 2.28. The first-order chi connectivity index (χ1) is 7.99. The number of benzene rings is 1. The van der Waals surface area contributed by atoms with Gasteiger partial charge in [0.1, 0.15) is 5.75 Å². The van der Waals surface area contributed by atoms with E-state index in [4.69, 9.17) is 10.2 Å². The maximum absolute atomic E-state index is 11.4. The predicted molar refractivity (Wildman–Crippen MR) is 61.4 cm³/mol. The highest BCUT2D eigenvalue weighted by Crippen LogP contribution is 2.09. The highest BCUT2D eigenvalue weighted by atomic mass is 16.4. The number of amides is 1. The lowest BCUT2D eigenvalue weighted by Crippen LogP contribution is -2.26. The number of carbonyl (C=O) groups is 2. The smallest absolute Gasteiger partial charge is 0.306 e. The molecular formula is C12H15NO4. The van der Waals surface area contributed by atoms with Gasteiger partial charge in [-0.3, -0.25) is 9.59 Å². The van der Waals surface area contributed by atoms with Crippen LogP contribution in [0.1, 0.15) is 18.9 Å². The minimum Gasteiger partial charge on any atom is -0.508 e. The molecule has 0 unspecified atom stereocenters. The van der Waals surface area contributed by atoms with Crippen molar-refractivity contribution in [2.45, 2.75) is 19.9 Å². The Morgan fingerprint density at radius 2 is 1.88 bits per heavy atom. The molecule has 0 aliphatic carbocycles. The van der Waals surface area contributed by atoms with Gasteiger partial charge in [0.2, 0.25) is 5.91 Å². The molecule has 0 spiro atoms. The molecule has 1 aromatic carbocycles. The first-order valence-electron chi connectivity index (χ1n) is 5.26. The number of aromatic hydroxyl groups is 1. The Bertz CT molecular complexity index is 399. The Kier molecular flexibility index (Phi) is 4.51. The summed E-state index contributed by atoms with van der Waals surface area (Å²) in [5.74, 6) is -1.80. The van der Waals surface area contributed by atoms with Crippen LogP contribution in [0.2, 0.25) is 0 Å². The topological polar surface area (TPSA) is 86.6 Å². The second-order valence-electron chi connectivity index (χ2n) is 3.89. The number of phenolic OH excluding ortho intramolecular Hbond substituents is 1. The van der Waals surface area contributed by atoms with E-state index in [2.05, 4.69) is 5.32 Å². The summed E-state index contributed by atoms with van der Waals surface area (Å²) in [7, 11) is 0. The summed E-state index contributed by atoms with van der Waals surface area (Å²) in [6, 6.07) is 6.44. The minimum absolute atomic E-state index is 0.0343. The molecule has 1 aromatic rings. The summed E-state index contributed by atoms with van der Waals surface area (Å²) >= 11 is 0. The fraction of sp³-hybridized carbons (Fsp3) is 0.333. The molecule has 92 valence electrons. The Morgan fingerprint density at radius 3 is 2.41 bits per heavy atom. The van der Waals surface area contributed by atoms with Crippen LogP contribution in [0, 0.1) is 5.92 Å². The summed E-state index contributed by atoms with van der Waals surface area (Å²) in [6.45, 7) is 1.81. The van der Waals surface area contributed by atoms with Gasteiger partial charge in [0, 0.05) is 13.0 Å². The lowest BCUT2D eigenvalue weighted by molar-refractivity contribution is -0.143. The summed E-state index contributed by atoms with van der Waals surface area (Å²) in [6.07, 6.45) is -0.0343. The largest absolute Gasteiger partial charge is 0.508 e. The van der Waals surface area contributed by atoms with Crippen molar-refractivity contribution in [2.24, 2.45) is 5.92 Å². The number of carboxylic acids is 1. The molecule has 1 amide bonds. The van der Waals surface area contributed by atoms with Gasteiger partial charge in [0.05, 0.1) is 5.92 Å². The van der Waals surface area contributed by atoms with Gasteiger partial charge >= 0.3 is 5.97 Å². The second-order valence-corrected chi connectivity index (χ2v) is 3.89. The molecule has 1 atom stereocenters. The van der Waals surface area contributed by atoms with Gasteiger partial charge in [-0.1, -0.05) is 19.1 Å². The summed E-state index contributed by atoms with van der Waals surface area (Å²) < 4.78 is 0. The number of carboxylic acid groups (broad SMARTS) is 1. The zero-order valence-corrected chi connectivity index (χ0v) is 9.51. The van der Waals surface area contributed by atoms with E-state index in [-0.39, 0.29) is 18.1 Å². The normalized spacial score (nSPS) is 11.8. The van der Waals surface area contributed by atoms with Crippen LogP contribution in [0.4, 0.5) is 0 Å². The molecule has 0 aliphatic heterocycles. The van der Waals surface area contributed by atoms with Gasteiger partial charge in [-0.25, -0.2) is 0 Å². The molecule has 1 rings (SSSR count). The van der Waals surface area contributed by atoms with Crippen molar-refractivity contribution in [3.8, 4) is 5.75 Å². The molecule has 17 heavy (non-hydrogen) atoms. The molecule has 0 bridgehead atoms. The van der Waals surface area contributed by atoms with Crippen LogP contribution in [0.3, 0.4) is 0 Å². The van der Waals surface area contributed by atoms with E-state index < -0.39 is 11.9 Å². The van der Waals surface area contributed by atoms with Gasteiger partial charge in [-0.05, 0) is 17.7 Å².